The number of halogens is 2. The maximum absolute atomic E-state index is 13.3. The minimum absolute atomic E-state index is 0.0595. The Balaban J connectivity index is 1.24. The van der Waals surface area contributed by atoms with Crippen LogP contribution in [0.15, 0.2) is 48.5 Å². The van der Waals surface area contributed by atoms with E-state index < -0.39 is 5.82 Å². The van der Waals surface area contributed by atoms with E-state index in [1.54, 1.807) is 9.80 Å². The van der Waals surface area contributed by atoms with Gasteiger partial charge in [0.15, 0.2) is 11.5 Å². The van der Waals surface area contributed by atoms with Gasteiger partial charge in [0.1, 0.15) is 19.0 Å². The first-order valence-corrected chi connectivity index (χ1v) is 11.7. The number of ether oxygens (including phenoxy) is 2. The summed E-state index contributed by atoms with van der Waals surface area (Å²) in [7, 11) is 0. The Morgan fingerprint density at radius 1 is 0.848 bits per heavy atom. The predicted octanol–water partition coefficient (Wildman–Crippen LogP) is 4.58. The molecule has 1 aromatic heterocycles. The number of piperazine rings is 1. The van der Waals surface area contributed by atoms with Crippen LogP contribution in [0.4, 0.5) is 4.39 Å². The number of hydrogen-bond acceptors (Lipinski definition) is 5. The SMILES string of the molecule is O=C(c1ccc(-c2ccc3c(c2)OCCO3)s1)N1CCN(C(=O)c2ccc(F)cc2Cl)CC1. The van der Waals surface area contributed by atoms with E-state index in [1.807, 2.05) is 30.3 Å². The molecule has 0 N–H and O–H groups in total. The molecule has 5 rings (SSSR count). The van der Waals surface area contributed by atoms with Crippen molar-refractivity contribution in [2.45, 2.75) is 0 Å². The molecule has 2 aromatic carbocycles. The molecule has 0 saturated carbocycles. The molecule has 2 aliphatic heterocycles. The average Bonchev–Trinajstić information content (AvgIpc) is 3.33. The summed E-state index contributed by atoms with van der Waals surface area (Å²) in [4.78, 5) is 30.8. The third kappa shape index (κ3) is 4.41. The van der Waals surface area contributed by atoms with Crippen molar-refractivity contribution in [1.82, 2.24) is 9.80 Å². The molecule has 0 atom stereocenters. The summed E-state index contributed by atoms with van der Waals surface area (Å²) in [6, 6.07) is 13.3. The van der Waals surface area contributed by atoms with Gasteiger partial charge in [0.2, 0.25) is 0 Å². The molecule has 0 spiro atoms. The molecular formula is C24H20ClFN2O4S. The smallest absolute Gasteiger partial charge is 0.264 e. The molecule has 3 heterocycles. The van der Waals surface area contributed by atoms with Crippen LogP contribution in [-0.4, -0.2) is 61.0 Å². The summed E-state index contributed by atoms with van der Waals surface area (Å²) in [6.07, 6.45) is 0. The van der Waals surface area contributed by atoms with Crippen molar-refractivity contribution in [3.05, 3.63) is 69.8 Å². The van der Waals surface area contributed by atoms with Crippen molar-refractivity contribution >= 4 is 34.8 Å². The number of fused-ring (bicyclic) bond motifs is 1. The second-order valence-corrected chi connectivity index (χ2v) is 9.22. The zero-order valence-electron chi connectivity index (χ0n) is 17.6. The van der Waals surface area contributed by atoms with Crippen molar-refractivity contribution in [2.24, 2.45) is 0 Å². The van der Waals surface area contributed by atoms with Crippen LogP contribution in [0.1, 0.15) is 20.0 Å². The van der Waals surface area contributed by atoms with Crippen LogP contribution in [-0.2, 0) is 0 Å². The third-order valence-electron chi connectivity index (χ3n) is 5.66. The molecule has 3 aromatic rings. The molecule has 9 heteroatoms. The first-order valence-electron chi connectivity index (χ1n) is 10.5. The van der Waals surface area contributed by atoms with Gasteiger partial charge in [-0.15, -0.1) is 11.3 Å². The number of carbonyl (C=O) groups excluding carboxylic acids is 2. The Kier molecular flexibility index (Phi) is 5.95. The quantitative estimate of drug-likeness (QED) is 0.544. The monoisotopic (exact) mass is 486 g/mol. The fourth-order valence-corrected chi connectivity index (χ4v) is 5.12. The van der Waals surface area contributed by atoms with Gasteiger partial charge in [-0.2, -0.15) is 0 Å². The number of benzene rings is 2. The van der Waals surface area contributed by atoms with Gasteiger partial charge in [0.25, 0.3) is 11.8 Å². The maximum Gasteiger partial charge on any atom is 0.264 e. The Labute approximate surface area is 199 Å². The average molecular weight is 487 g/mol. The zero-order chi connectivity index (χ0) is 22.9. The van der Waals surface area contributed by atoms with E-state index in [1.165, 1.54) is 23.5 Å². The standard InChI is InChI=1S/C24H20ClFN2O4S/c25-18-14-16(26)2-3-17(18)23(29)27-7-9-28(10-8-27)24(30)22-6-5-21(33-22)15-1-4-19-20(13-15)32-12-11-31-19/h1-6,13-14H,7-12H2. The summed E-state index contributed by atoms with van der Waals surface area (Å²) in [5.41, 5.74) is 1.23. The molecule has 2 amide bonds. The van der Waals surface area contributed by atoms with Gasteiger partial charge >= 0.3 is 0 Å². The van der Waals surface area contributed by atoms with Gasteiger partial charge in [0, 0.05) is 31.1 Å². The lowest BCUT2D eigenvalue weighted by molar-refractivity contribution is 0.0538. The van der Waals surface area contributed by atoms with Crippen molar-refractivity contribution in [3.8, 4) is 21.9 Å². The van der Waals surface area contributed by atoms with E-state index in [4.69, 9.17) is 21.1 Å². The summed E-state index contributed by atoms with van der Waals surface area (Å²) < 4.78 is 24.5. The largest absolute Gasteiger partial charge is 0.486 e. The zero-order valence-corrected chi connectivity index (χ0v) is 19.1. The van der Waals surface area contributed by atoms with Crippen molar-refractivity contribution in [2.75, 3.05) is 39.4 Å². The Hall–Kier alpha value is -3.10. The van der Waals surface area contributed by atoms with E-state index >= 15 is 0 Å². The second kappa shape index (κ2) is 9.03. The summed E-state index contributed by atoms with van der Waals surface area (Å²) >= 11 is 7.45. The van der Waals surface area contributed by atoms with Crippen molar-refractivity contribution in [3.63, 3.8) is 0 Å². The molecule has 0 aliphatic carbocycles. The molecule has 33 heavy (non-hydrogen) atoms. The minimum Gasteiger partial charge on any atom is -0.486 e. The van der Waals surface area contributed by atoms with Crippen LogP contribution in [0, 0.1) is 5.82 Å². The second-order valence-electron chi connectivity index (χ2n) is 7.73. The first kappa shape index (κ1) is 21.7. The van der Waals surface area contributed by atoms with E-state index in [-0.39, 0.29) is 22.4 Å². The number of carbonyl (C=O) groups is 2. The van der Waals surface area contributed by atoms with Gasteiger partial charge in [0.05, 0.1) is 15.5 Å². The highest BCUT2D eigenvalue weighted by atomic mass is 35.5. The van der Waals surface area contributed by atoms with Crippen LogP contribution < -0.4 is 9.47 Å². The molecule has 1 fully saturated rings. The third-order valence-corrected chi connectivity index (χ3v) is 7.09. The van der Waals surface area contributed by atoms with E-state index in [0.29, 0.717) is 50.0 Å². The van der Waals surface area contributed by atoms with Crippen molar-refractivity contribution in [1.29, 1.82) is 0 Å². The molecule has 1 saturated heterocycles. The molecule has 0 bridgehead atoms. The van der Waals surface area contributed by atoms with Gasteiger partial charge in [-0.05, 0) is 54.1 Å². The van der Waals surface area contributed by atoms with E-state index in [0.717, 1.165) is 22.3 Å². The lowest BCUT2D eigenvalue weighted by atomic mass is 10.1. The normalized spacial score (nSPS) is 15.5. The van der Waals surface area contributed by atoms with Crippen LogP contribution in [0.2, 0.25) is 5.02 Å². The van der Waals surface area contributed by atoms with Crippen molar-refractivity contribution < 1.29 is 23.5 Å². The first-order chi connectivity index (χ1) is 16.0. The molecule has 0 unspecified atom stereocenters. The topological polar surface area (TPSA) is 59.1 Å². The molecule has 170 valence electrons. The number of amides is 2. The lowest BCUT2D eigenvalue weighted by Gasteiger charge is -2.34. The van der Waals surface area contributed by atoms with E-state index in [2.05, 4.69) is 0 Å². The molecule has 6 nitrogen and oxygen atoms in total. The van der Waals surface area contributed by atoms with Gasteiger partial charge in [-0.3, -0.25) is 9.59 Å². The van der Waals surface area contributed by atoms with E-state index in [9.17, 15) is 14.0 Å². The summed E-state index contributed by atoms with van der Waals surface area (Å²) in [5, 5.41) is 0.0868. The predicted molar refractivity (Wildman–Crippen MR) is 124 cm³/mol. The Bertz CT molecular complexity index is 1220. The number of rotatable bonds is 3. The lowest BCUT2D eigenvalue weighted by Crippen LogP contribution is -2.50. The highest BCUT2D eigenvalue weighted by Crippen LogP contribution is 2.37. The minimum atomic E-state index is -0.487. The number of nitrogens with zero attached hydrogens (tertiary/aromatic N) is 2. The summed E-state index contributed by atoms with van der Waals surface area (Å²) in [6.45, 7) is 2.67. The van der Waals surface area contributed by atoms with Crippen LogP contribution in [0.3, 0.4) is 0 Å². The number of thiophene rings is 1. The van der Waals surface area contributed by atoms with Gasteiger partial charge < -0.3 is 19.3 Å². The highest BCUT2D eigenvalue weighted by Gasteiger charge is 2.27. The maximum atomic E-state index is 13.3. The Morgan fingerprint density at radius 2 is 1.55 bits per heavy atom. The molecular weight excluding hydrogens is 467 g/mol. The number of hydrogen-bond donors (Lipinski definition) is 0. The highest BCUT2D eigenvalue weighted by molar-refractivity contribution is 7.17. The molecule has 0 radical (unpaired) electrons. The fraction of sp³-hybridized carbons (Fsp3) is 0.250. The Morgan fingerprint density at radius 3 is 2.27 bits per heavy atom. The van der Waals surface area contributed by atoms with Crippen LogP contribution in [0.25, 0.3) is 10.4 Å². The van der Waals surface area contributed by atoms with Gasteiger partial charge in [-0.1, -0.05) is 11.6 Å². The van der Waals surface area contributed by atoms with Gasteiger partial charge in [-0.25, -0.2) is 4.39 Å². The van der Waals surface area contributed by atoms with Crippen LogP contribution >= 0.6 is 22.9 Å². The molecule has 2 aliphatic rings. The summed E-state index contributed by atoms with van der Waals surface area (Å²) in [5.74, 6) is 0.632. The fourth-order valence-electron chi connectivity index (χ4n) is 3.91. The van der Waals surface area contributed by atoms with Crippen LogP contribution in [0.5, 0.6) is 11.5 Å².